The molecule has 2 heterocycles. The van der Waals surface area contributed by atoms with Crippen LogP contribution in [0.25, 0.3) is 0 Å². The molecule has 0 atom stereocenters. The van der Waals surface area contributed by atoms with Gasteiger partial charge in [0.25, 0.3) is 5.91 Å². The maximum Gasteiger partial charge on any atom is 0.354 e. The van der Waals surface area contributed by atoms with Gasteiger partial charge in [0.1, 0.15) is 5.69 Å². The largest absolute Gasteiger partial charge is 0.477 e. The lowest BCUT2D eigenvalue weighted by Gasteiger charge is -2.22. The van der Waals surface area contributed by atoms with Gasteiger partial charge in [-0.1, -0.05) is 0 Å². The Labute approximate surface area is 110 Å². The highest BCUT2D eigenvalue weighted by Crippen LogP contribution is 2.13. The molecule has 1 saturated heterocycles. The third-order valence-corrected chi connectivity index (χ3v) is 3.14. The zero-order valence-corrected chi connectivity index (χ0v) is 10.5. The first-order valence-electron chi connectivity index (χ1n) is 6.22. The van der Waals surface area contributed by atoms with E-state index in [-0.39, 0.29) is 11.6 Å². The van der Waals surface area contributed by atoms with Crippen molar-refractivity contribution in [1.82, 2.24) is 10.3 Å². The molecule has 2 rings (SSSR count). The van der Waals surface area contributed by atoms with Crippen LogP contribution in [0.15, 0.2) is 18.3 Å². The minimum absolute atomic E-state index is 0.0685. The van der Waals surface area contributed by atoms with Crippen molar-refractivity contribution in [2.24, 2.45) is 5.92 Å². The maximum absolute atomic E-state index is 11.8. The number of rotatable bonds is 4. The van der Waals surface area contributed by atoms with Crippen LogP contribution in [0, 0.1) is 5.92 Å². The predicted molar refractivity (Wildman–Crippen MR) is 67.1 cm³/mol. The van der Waals surface area contributed by atoms with Crippen LogP contribution in [-0.4, -0.2) is 41.7 Å². The molecule has 19 heavy (non-hydrogen) atoms. The zero-order valence-electron chi connectivity index (χ0n) is 10.5. The molecule has 102 valence electrons. The quantitative estimate of drug-likeness (QED) is 0.844. The Hall–Kier alpha value is -1.95. The Morgan fingerprint density at radius 2 is 2.11 bits per heavy atom. The number of carbonyl (C=O) groups excluding carboxylic acids is 1. The summed E-state index contributed by atoms with van der Waals surface area (Å²) in [6.45, 7) is 2.10. The molecular weight excluding hydrogens is 248 g/mol. The molecule has 0 unspecified atom stereocenters. The number of nitrogens with one attached hydrogen (secondary N) is 1. The molecule has 0 radical (unpaired) electrons. The number of hydrogen-bond acceptors (Lipinski definition) is 4. The van der Waals surface area contributed by atoms with Crippen molar-refractivity contribution >= 4 is 11.9 Å². The summed E-state index contributed by atoms with van der Waals surface area (Å²) >= 11 is 0. The van der Waals surface area contributed by atoms with Crippen LogP contribution in [0.2, 0.25) is 0 Å². The van der Waals surface area contributed by atoms with Crippen LogP contribution < -0.4 is 5.32 Å². The summed E-state index contributed by atoms with van der Waals surface area (Å²) in [7, 11) is 0. The second-order valence-corrected chi connectivity index (χ2v) is 4.50. The van der Waals surface area contributed by atoms with Crippen molar-refractivity contribution in [3.63, 3.8) is 0 Å². The third kappa shape index (κ3) is 3.75. The lowest BCUT2D eigenvalue weighted by Crippen LogP contribution is -2.32. The number of pyridine rings is 1. The Balaban J connectivity index is 1.86. The van der Waals surface area contributed by atoms with Gasteiger partial charge in [0.15, 0.2) is 0 Å². The van der Waals surface area contributed by atoms with Crippen LogP contribution in [0.3, 0.4) is 0 Å². The number of aromatic carboxylic acids is 1. The predicted octanol–water partition coefficient (Wildman–Crippen LogP) is 0.936. The molecule has 1 aromatic rings. The molecule has 1 aromatic heterocycles. The highest BCUT2D eigenvalue weighted by molar-refractivity contribution is 5.94. The Kier molecular flexibility index (Phi) is 4.46. The molecule has 1 amide bonds. The first-order chi connectivity index (χ1) is 9.16. The number of ether oxygens (including phenoxy) is 1. The summed E-state index contributed by atoms with van der Waals surface area (Å²) in [6.07, 6.45) is 3.19. The van der Waals surface area contributed by atoms with Gasteiger partial charge in [0, 0.05) is 26.0 Å². The van der Waals surface area contributed by atoms with Gasteiger partial charge >= 0.3 is 5.97 Å². The van der Waals surface area contributed by atoms with Gasteiger partial charge in [-0.05, 0) is 30.9 Å². The fourth-order valence-electron chi connectivity index (χ4n) is 1.94. The number of amides is 1. The average molecular weight is 264 g/mol. The molecule has 0 aliphatic carbocycles. The molecular formula is C13H16N2O4. The van der Waals surface area contributed by atoms with E-state index in [2.05, 4.69) is 10.3 Å². The van der Waals surface area contributed by atoms with E-state index in [1.165, 1.54) is 18.3 Å². The van der Waals surface area contributed by atoms with E-state index in [9.17, 15) is 9.59 Å². The first kappa shape index (κ1) is 13.5. The molecule has 6 heteroatoms. The molecule has 2 N–H and O–H groups in total. The van der Waals surface area contributed by atoms with Gasteiger partial charge in [0.05, 0.1) is 5.56 Å². The standard InChI is InChI=1S/C13H16N2O4/c16-12(15-7-9-3-5-19-6-4-9)10-1-2-11(13(17)18)14-8-10/h1-2,8-9H,3-7H2,(H,15,16)(H,17,18). The van der Waals surface area contributed by atoms with E-state index in [4.69, 9.17) is 9.84 Å². The van der Waals surface area contributed by atoms with Gasteiger partial charge in [0.2, 0.25) is 0 Å². The van der Waals surface area contributed by atoms with E-state index in [0.717, 1.165) is 26.1 Å². The molecule has 0 saturated carbocycles. The minimum Gasteiger partial charge on any atom is -0.477 e. The van der Waals surface area contributed by atoms with Gasteiger partial charge in [-0.15, -0.1) is 0 Å². The van der Waals surface area contributed by atoms with Crippen LogP contribution in [0.4, 0.5) is 0 Å². The highest BCUT2D eigenvalue weighted by Gasteiger charge is 2.15. The van der Waals surface area contributed by atoms with E-state index in [1.807, 2.05) is 0 Å². The number of nitrogens with zero attached hydrogens (tertiary/aromatic N) is 1. The SMILES string of the molecule is O=C(NCC1CCOCC1)c1ccc(C(=O)O)nc1. The van der Waals surface area contributed by atoms with Crippen molar-refractivity contribution in [2.75, 3.05) is 19.8 Å². The summed E-state index contributed by atoms with van der Waals surface area (Å²) in [4.78, 5) is 26.2. The molecule has 0 spiro atoms. The highest BCUT2D eigenvalue weighted by atomic mass is 16.5. The fraction of sp³-hybridized carbons (Fsp3) is 0.462. The van der Waals surface area contributed by atoms with Crippen LogP contribution in [0.1, 0.15) is 33.7 Å². The summed E-state index contributed by atoms with van der Waals surface area (Å²) in [6, 6.07) is 2.79. The van der Waals surface area contributed by atoms with Crippen LogP contribution in [0.5, 0.6) is 0 Å². The van der Waals surface area contributed by atoms with Crippen molar-refractivity contribution in [2.45, 2.75) is 12.8 Å². The van der Waals surface area contributed by atoms with E-state index in [1.54, 1.807) is 0 Å². The number of carboxylic acids is 1. The maximum atomic E-state index is 11.8. The van der Waals surface area contributed by atoms with Crippen molar-refractivity contribution in [3.05, 3.63) is 29.6 Å². The number of hydrogen-bond donors (Lipinski definition) is 2. The Morgan fingerprint density at radius 3 is 2.68 bits per heavy atom. The van der Waals surface area contributed by atoms with E-state index >= 15 is 0 Å². The summed E-state index contributed by atoms with van der Waals surface area (Å²) in [5.41, 5.74) is 0.304. The number of carbonyl (C=O) groups is 2. The lowest BCUT2D eigenvalue weighted by molar-refractivity contribution is 0.0642. The summed E-state index contributed by atoms with van der Waals surface area (Å²) in [5, 5.41) is 11.5. The molecule has 0 aromatic carbocycles. The van der Waals surface area contributed by atoms with Gasteiger partial charge in [-0.3, -0.25) is 4.79 Å². The van der Waals surface area contributed by atoms with Crippen molar-refractivity contribution in [3.8, 4) is 0 Å². The number of carboxylic acid groups (broad SMARTS) is 1. The fourth-order valence-corrected chi connectivity index (χ4v) is 1.94. The second-order valence-electron chi connectivity index (χ2n) is 4.50. The van der Waals surface area contributed by atoms with Gasteiger partial charge in [-0.25, -0.2) is 9.78 Å². The number of aromatic nitrogens is 1. The third-order valence-electron chi connectivity index (χ3n) is 3.14. The smallest absolute Gasteiger partial charge is 0.354 e. The van der Waals surface area contributed by atoms with E-state index < -0.39 is 5.97 Å². The van der Waals surface area contributed by atoms with Gasteiger partial charge in [-0.2, -0.15) is 0 Å². The van der Waals surface area contributed by atoms with Crippen LogP contribution >= 0.6 is 0 Å². The van der Waals surface area contributed by atoms with Crippen LogP contribution in [-0.2, 0) is 4.74 Å². The topological polar surface area (TPSA) is 88.5 Å². The molecule has 6 nitrogen and oxygen atoms in total. The monoisotopic (exact) mass is 264 g/mol. The Morgan fingerprint density at radius 1 is 1.37 bits per heavy atom. The molecule has 0 bridgehead atoms. The first-order valence-corrected chi connectivity index (χ1v) is 6.22. The second kappa shape index (κ2) is 6.29. The average Bonchev–Trinajstić information content (AvgIpc) is 2.46. The molecule has 1 aliphatic heterocycles. The lowest BCUT2D eigenvalue weighted by atomic mass is 10.0. The molecule has 1 fully saturated rings. The summed E-state index contributed by atoms with van der Waals surface area (Å²) in [5.74, 6) is -0.881. The minimum atomic E-state index is -1.10. The van der Waals surface area contributed by atoms with Crippen molar-refractivity contribution < 1.29 is 19.4 Å². The molecule has 1 aliphatic rings. The summed E-state index contributed by atoms with van der Waals surface area (Å²) < 4.78 is 5.25. The Bertz CT molecular complexity index is 452. The van der Waals surface area contributed by atoms with Crippen molar-refractivity contribution in [1.29, 1.82) is 0 Å². The van der Waals surface area contributed by atoms with Gasteiger partial charge < -0.3 is 15.2 Å². The normalized spacial score (nSPS) is 16.0. The zero-order chi connectivity index (χ0) is 13.7. The van der Waals surface area contributed by atoms with E-state index in [0.29, 0.717) is 18.0 Å².